The van der Waals surface area contributed by atoms with Crippen LogP contribution in [0.25, 0.3) is 11.5 Å². The van der Waals surface area contributed by atoms with Gasteiger partial charge in [-0.05, 0) is 0 Å². The minimum Gasteiger partial charge on any atom is -0.337 e. The number of aromatic nitrogens is 4. The number of imidazole rings is 1. The predicted molar refractivity (Wildman–Crippen MR) is 58.5 cm³/mol. The van der Waals surface area contributed by atoms with E-state index in [0.29, 0.717) is 24.3 Å². The second-order valence-corrected chi connectivity index (χ2v) is 3.94. The normalized spacial score (nSPS) is 11.2. The van der Waals surface area contributed by atoms with Crippen LogP contribution in [0.15, 0.2) is 17.0 Å². The third kappa shape index (κ3) is 2.27. The lowest BCUT2D eigenvalue weighted by atomic mass is 10.4. The van der Waals surface area contributed by atoms with Crippen LogP contribution in [0.4, 0.5) is 0 Å². The molecule has 6 nitrogen and oxygen atoms in total. The average molecular weight is 221 g/mol. The monoisotopic (exact) mass is 221 g/mol. The summed E-state index contributed by atoms with van der Waals surface area (Å²) >= 11 is 0. The molecule has 0 radical (unpaired) electrons. The maximum atomic E-state index is 5.13. The molecule has 0 aromatic carbocycles. The Labute approximate surface area is 93.7 Å². The van der Waals surface area contributed by atoms with E-state index in [1.807, 2.05) is 11.6 Å². The van der Waals surface area contributed by atoms with Crippen LogP contribution in [0.5, 0.6) is 0 Å². The molecule has 0 unspecified atom stereocenters. The van der Waals surface area contributed by atoms with Crippen molar-refractivity contribution in [3.8, 4) is 11.5 Å². The van der Waals surface area contributed by atoms with Gasteiger partial charge in [0.15, 0.2) is 0 Å². The van der Waals surface area contributed by atoms with E-state index in [1.54, 1.807) is 12.5 Å². The summed E-state index contributed by atoms with van der Waals surface area (Å²) in [5, 5.41) is 7.13. The van der Waals surface area contributed by atoms with Gasteiger partial charge in [-0.15, -0.1) is 0 Å². The molecule has 0 aliphatic rings. The Hall–Kier alpha value is -1.69. The van der Waals surface area contributed by atoms with Gasteiger partial charge in [-0.2, -0.15) is 4.98 Å². The molecule has 0 amide bonds. The second kappa shape index (κ2) is 4.44. The standard InChI is InChI=1S/C10H15N5O/c1-7(2)12-5-9-13-10(14-16-9)8-4-11-6-15(8)3/h4,6-7,12H,5H2,1-3H3. The summed E-state index contributed by atoms with van der Waals surface area (Å²) in [5.41, 5.74) is 0.847. The van der Waals surface area contributed by atoms with E-state index < -0.39 is 0 Å². The lowest BCUT2D eigenvalue weighted by molar-refractivity contribution is 0.362. The maximum Gasteiger partial charge on any atom is 0.240 e. The molecule has 2 rings (SSSR count). The van der Waals surface area contributed by atoms with Gasteiger partial charge in [0.2, 0.25) is 11.7 Å². The van der Waals surface area contributed by atoms with Gasteiger partial charge >= 0.3 is 0 Å². The van der Waals surface area contributed by atoms with Gasteiger partial charge in [-0.1, -0.05) is 19.0 Å². The number of hydrogen-bond acceptors (Lipinski definition) is 5. The molecule has 1 N–H and O–H groups in total. The van der Waals surface area contributed by atoms with Crippen LogP contribution < -0.4 is 5.32 Å². The van der Waals surface area contributed by atoms with E-state index in [9.17, 15) is 0 Å². The first-order valence-electron chi connectivity index (χ1n) is 5.19. The van der Waals surface area contributed by atoms with Crippen molar-refractivity contribution in [1.29, 1.82) is 0 Å². The van der Waals surface area contributed by atoms with Gasteiger partial charge in [-0.3, -0.25) is 0 Å². The molecular weight excluding hydrogens is 206 g/mol. The summed E-state index contributed by atoms with van der Waals surface area (Å²) in [5.74, 6) is 1.16. The van der Waals surface area contributed by atoms with Gasteiger partial charge in [0.1, 0.15) is 5.69 Å². The fourth-order valence-corrected chi connectivity index (χ4v) is 1.29. The number of rotatable bonds is 4. The Kier molecular flexibility index (Phi) is 3.00. The van der Waals surface area contributed by atoms with Crippen molar-refractivity contribution < 1.29 is 4.52 Å². The smallest absolute Gasteiger partial charge is 0.240 e. The molecule has 6 heteroatoms. The summed E-state index contributed by atoms with van der Waals surface area (Å²) in [6.07, 6.45) is 3.42. The minimum absolute atomic E-state index is 0.395. The molecular formula is C10H15N5O. The average Bonchev–Trinajstić information content (AvgIpc) is 2.83. The van der Waals surface area contributed by atoms with E-state index in [-0.39, 0.29) is 0 Å². The number of nitrogens with zero attached hydrogens (tertiary/aromatic N) is 4. The Balaban J connectivity index is 2.11. The largest absolute Gasteiger partial charge is 0.337 e. The predicted octanol–water partition coefficient (Wildman–Crippen LogP) is 0.968. The summed E-state index contributed by atoms with van der Waals surface area (Å²) < 4.78 is 6.98. The molecule has 16 heavy (non-hydrogen) atoms. The highest BCUT2D eigenvalue weighted by molar-refractivity contribution is 5.46. The van der Waals surface area contributed by atoms with Gasteiger partial charge in [0.05, 0.1) is 19.1 Å². The lowest BCUT2D eigenvalue weighted by Gasteiger charge is -2.02. The number of nitrogens with one attached hydrogen (secondary N) is 1. The molecule has 2 heterocycles. The zero-order chi connectivity index (χ0) is 11.5. The van der Waals surface area contributed by atoms with E-state index in [4.69, 9.17) is 4.52 Å². The third-order valence-corrected chi connectivity index (χ3v) is 2.18. The Morgan fingerprint density at radius 3 is 2.94 bits per heavy atom. The minimum atomic E-state index is 0.395. The highest BCUT2D eigenvalue weighted by atomic mass is 16.5. The van der Waals surface area contributed by atoms with Crippen LogP contribution >= 0.6 is 0 Å². The fraction of sp³-hybridized carbons (Fsp3) is 0.500. The van der Waals surface area contributed by atoms with Crippen molar-refractivity contribution >= 4 is 0 Å². The first-order valence-corrected chi connectivity index (χ1v) is 5.19. The fourth-order valence-electron chi connectivity index (χ4n) is 1.29. The molecule has 0 spiro atoms. The van der Waals surface area contributed by atoms with Crippen molar-refractivity contribution in [2.75, 3.05) is 0 Å². The molecule has 0 saturated heterocycles. The van der Waals surface area contributed by atoms with E-state index in [1.165, 1.54) is 0 Å². The van der Waals surface area contributed by atoms with E-state index in [0.717, 1.165) is 5.69 Å². The van der Waals surface area contributed by atoms with E-state index in [2.05, 4.69) is 34.3 Å². The molecule has 0 saturated carbocycles. The quantitative estimate of drug-likeness (QED) is 0.833. The second-order valence-electron chi connectivity index (χ2n) is 3.94. The van der Waals surface area contributed by atoms with E-state index >= 15 is 0 Å². The Bertz CT molecular complexity index is 459. The van der Waals surface area contributed by atoms with Crippen LogP contribution in [0.2, 0.25) is 0 Å². The van der Waals surface area contributed by atoms with Crippen LogP contribution in [0, 0.1) is 0 Å². The van der Waals surface area contributed by atoms with Crippen LogP contribution in [0.3, 0.4) is 0 Å². The molecule has 2 aromatic rings. The topological polar surface area (TPSA) is 68.8 Å². The van der Waals surface area contributed by atoms with Crippen molar-refractivity contribution in [3.05, 3.63) is 18.4 Å². The number of hydrogen-bond donors (Lipinski definition) is 1. The lowest BCUT2D eigenvalue weighted by Crippen LogP contribution is -2.21. The number of aryl methyl sites for hydroxylation is 1. The van der Waals surface area contributed by atoms with Crippen molar-refractivity contribution in [2.24, 2.45) is 7.05 Å². The van der Waals surface area contributed by atoms with Crippen LogP contribution in [-0.4, -0.2) is 25.7 Å². The summed E-state index contributed by atoms with van der Waals surface area (Å²) in [6.45, 7) is 4.72. The Morgan fingerprint density at radius 1 is 1.50 bits per heavy atom. The highest BCUT2D eigenvalue weighted by Crippen LogP contribution is 2.13. The maximum absolute atomic E-state index is 5.13. The first kappa shape index (κ1) is 10.8. The van der Waals surface area contributed by atoms with Crippen LogP contribution in [0.1, 0.15) is 19.7 Å². The zero-order valence-electron chi connectivity index (χ0n) is 9.64. The van der Waals surface area contributed by atoms with Crippen molar-refractivity contribution in [3.63, 3.8) is 0 Å². The van der Waals surface area contributed by atoms with Gasteiger partial charge in [-0.25, -0.2) is 4.98 Å². The first-order chi connectivity index (χ1) is 7.66. The Morgan fingerprint density at radius 2 is 2.31 bits per heavy atom. The molecule has 0 atom stereocenters. The highest BCUT2D eigenvalue weighted by Gasteiger charge is 2.11. The third-order valence-electron chi connectivity index (χ3n) is 2.18. The van der Waals surface area contributed by atoms with Crippen LogP contribution in [-0.2, 0) is 13.6 Å². The van der Waals surface area contributed by atoms with Gasteiger partial charge in [0.25, 0.3) is 0 Å². The molecule has 0 bridgehead atoms. The molecule has 86 valence electrons. The van der Waals surface area contributed by atoms with Gasteiger partial charge < -0.3 is 14.4 Å². The van der Waals surface area contributed by atoms with Crippen molar-refractivity contribution in [2.45, 2.75) is 26.4 Å². The SMILES string of the molecule is CC(C)NCc1nc(-c2cncn2C)no1. The summed E-state index contributed by atoms with van der Waals surface area (Å²) in [6, 6.07) is 0.395. The van der Waals surface area contributed by atoms with Gasteiger partial charge in [0, 0.05) is 13.1 Å². The zero-order valence-corrected chi connectivity index (χ0v) is 9.64. The molecule has 0 aliphatic heterocycles. The summed E-state index contributed by atoms with van der Waals surface area (Å²) in [7, 11) is 1.89. The molecule has 2 aromatic heterocycles. The van der Waals surface area contributed by atoms with Crippen molar-refractivity contribution in [1.82, 2.24) is 25.0 Å². The molecule has 0 fully saturated rings. The molecule has 0 aliphatic carbocycles. The summed E-state index contributed by atoms with van der Waals surface area (Å²) in [4.78, 5) is 8.29.